The maximum absolute atomic E-state index is 12.0. The van der Waals surface area contributed by atoms with E-state index in [1.807, 2.05) is 4.90 Å². The Kier molecular flexibility index (Phi) is 5.84. The molecule has 2 fully saturated rings. The van der Waals surface area contributed by atoms with E-state index < -0.39 is 0 Å². The van der Waals surface area contributed by atoms with Crippen molar-refractivity contribution in [3.05, 3.63) is 35.4 Å². The minimum absolute atomic E-state index is 0.274. The van der Waals surface area contributed by atoms with Crippen LogP contribution in [0.5, 0.6) is 0 Å². The van der Waals surface area contributed by atoms with Crippen molar-refractivity contribution in [2.45, 2.75) is 53.1 Å². The van der Waals surface area contributed by atoms with Crippen molar-refractivity contribution >= 4 is 11.9 Å². The predicted molar refractivity (Wildman–Crippen MR) is 106 cm³/mol. The van der Waals surface area contributed by atoms with Crippen LogP contribution in [0.3, 0.4) is 0 Å². The van der Waals surface area contributed by atoms with Crippen LogP contribution in [0.2, 0.25) is 0 Å². The van der Waals surface area contributed by atoms with Gasteiger partial charge in [-0.05, 0) is 36.3 Å². The highest BCUT2D eigenvalue weighted by Crippen LogP contribution is 2.28. The number of amides is 1. The zero-order chi connectivity index (χ0) is 18.6. The van der Waals surface area contributed by atoms with Crippen molar-refractivity contribution in [2.24, 2.45) is 10.4 Å². The molecule has 1 aromatic rings. The number of aliphatic imine (C=N–C) groups is 1. The molecule has 2 saturated heterocycles. The molecule has 0 unspecified atom stereocenters. The fourth-order valence-electron chi connectivity index (χ4n) is 3.82. The van der Waals surface area contributed by atoms with Gasteiger partial charge in [0.1, 0.15) is 0 Å². The van der Waals surface area contributed by atoms with Gasteiger partial charge in [0.2, 0.25) is 5.91 Å². The number of hydrogen-bond donors (Lipinski definition) is 1. The second-order valence-electron chi connectivity index (χ2n) is 8.19. The van der Waals surface area contributed by atoms with Gasteiger partial charge in [-0.3, -0.25) is 4.79 Å². The van der Waals surface area contributed by atoms with E-state index in [0.717, 1.165) is 38.6 Å². The molecule has 2 aliphatic heterocycles. The topological polar surface area (TPSA) is 47.9 Å². The zero-order valence-corrected chi connectivity index (χ0v) is 16.4. The number of nitrogens with zero attached hydrogens (tertiary/aromatic N) is 3. The second kappa shape index (κ2) is 8.11. The van der Waals surface area contributed by atoms with Crippen LogP contribution in [0.25, 0.3) is 0 Å². The summed E-state index contributed by atoms with van der Waals surface area (Å²) in [5, 5.41) is 3.44. The summed E-state index contributed by atoms with van der Waals surface area (Å²) in [5.74, 6) is 1.28. The Morgan fingerprint density at radius 1 is 1.23 bits per heavy atom. The Balaban J connectivity index is 1.72. The average Bonchev–Trinajstić information content (AvgIpc) is 3.18. The van der Waals surface area contributed by atoms with Gasteiger partial charge >= 0.3 is 0 Å². The van der Waals surface area contributed by atoms with Crippen molar-refractivity contribution in [3.8, 4) is 0 Å². The fourth-order valence-corrected chi connectivity index (χ4v) is 3.82. The molecule has 0 atom stereocenters. The van der Waals surface area contributed by atoms with Gasteiger partial charge in [-0.15, -0.1) is 0 Å². The molecule has 0 radical (unpaired) electrons. The van der Waals surface area contributed by atoms with Gasteiger partial charge in [0, 0.05) is 39.1 Å². The van der Waals surface area contributed by atoms with Crippen molar-refractivity contribution in [2.75, 3.05) is 26.2 Å². The number of carbonyl (C=O) groups is 1. The lowest BCUT2D eigenvalue weighted by Crippen LogP contribution is -2.40. The third-order valence-corrected chi connectivity index (χ3v) is 5.36. The SMILES string of the molecule is CCNC(=NCc1ccccc1CN1CCCC1=O)N1CCC(C)(C)C1. The number of benzene rings is 1. The first kappa shape index (κ1) is 18.7. The second-order valence-corrected chi connectivity index (χ2v) is 8.19. The summed E-state index contributed by atoms with van der Waals surface area (Å²) in [6, 6.07) is 8.38. The summed E-state index contributed by atoms with van der Waals surface area (Å²) in [5.41, 5.74) is 2.77. The van der Waals surface area contributed by atoms with Crippen LogP contribution in [-0.4, -0.2) is 47.8 Å². The Morgan fingerprint density at radius 3 is 2.62 bits per heavy atom. The molecule has 1 amide bonds. The molecule has 1 aromatic carbocycles. The summed E-state index contributed by atoms with van der Waals surface area (Å²) in [4.78, 5) is 21.2. The first-order chi connectivity index (χ1) is 12.5. The molecule has 142 valence electrons. The standard InChI is InChI=1S/C21H32N4O/c1-4-22-20(25-13-11-21(2,3)16-25)23-14-17-8-5-6-9-18(17)15-24-12-7-10-19(24)26/h5-6,8-9H,4,7,10-16H2,1-3H3,(H,22,23). The summed E-state index contributed by atoms with van der Waals surface area (Å²) >= 11 is 0. The molecule has 2 heterocycles. The minimum Gasteiger partial charge on any atom is -0.357 e. The first-order valence-electron chi connectivity index (χ1n) is 9.86. The number of hydrogen-bond acceptors (Lipinski definition) is 2. The quantitative estimate of drug-likeness (QED) is 0.652. The van der Waals surface area contributed by atoms with E-state index in [-0.39, 0.29) is 5.91 Å². The Hall–Kier alpha value is -2.04. The van der Waals surface area contributed by atoms with Crippen LogP contribution >= 0.6 is 0 Å². The summed E-state index contributed by atoms with van der Waals surface area (Å²) in [6.45, 7) is 12.0. The van der Waals surface area contributed by atoms with Crippen LogP contribution in [0.4, 0.5) is 0 Å². The van der Waals surface area contributed by atoms with Gasteiger partial charge in [0.05, 0.1) is 6.54 Å². The molecular formula is C21H32N4O. The third kappa shape index (κ3) is 4.57. The molecule has 1 N–H and O–H groups in total. The van der Waals surface area contributed by atoms with E-state index in [2.05, 4.69) is 55.3 Å². The van der Waals surface area contributed by atoms with E-state index in [9.17, 15) is 4.79 Å². The molecule has 0 aromatic heterocycles. The van der Waals surface area contributed by atoms with Gasteiger partial charge in [-0.1, -0.05) is 38.1 Å². The lowest BCUT2D eigenvalue weighted by Gasteiger charge is -2.24. The molecular weight excluding hydrogens is 324 g/mol. The highest BCUT2D eigenvalue weighted by atomic mass is 16.2. The third-order valence-electron chi connectivity index (χ3n) is 5.36. The summed E-state index contributed by atoms with van der Waals surface area (Å²) in [7, 11) is 0. The smallest absolute Gasteiger partial charge is 0.222 e. The van der Waals surface area contributed by atoms with Gasteiger partial charge < -0.3 is 15.1 Å². The lowest BCUT2D eigenvalue weighted by molar-refractivity contribution is -0.128. The number of nitrogens with one attached hydrogen (secondary N) is 1. The van der Waals surface area contributed by atoms with E-state index in [0.29, 0.717) is 24.9 Å². The van der Waals surface area contributed by atoms with E-state index in [1.165, 1.54) is 17.5 Å². The van der Waals surface area contributed by atoms with Crippen LogP contribution in [0, 0.1) is 5.41 Å². The van der Waals surface area contributed by atoms with Crippen LogP contribution in [0.1, 0.15) is 51.2 Å². The number of carbonyl (C=O) groups excluding carboxylic acids is 1. The van der Waals surface area contributed by atoms with Gasteiger partial charge in [0.25, 0.3) is 0 Å². The molecule has 0 aliphatic carbocycles. The molecule has 5 heteroatoms. The predicted octanol–water partition coefficient (Wildman–Crippen LogP) is 3.01. The normalized spacial score (nSPS) is 20.1. The molecule has 0 bridgehead atoms. The first-order valence-corrected chi connectivity index (χ1v) is 9.86. The molecule has 26 heavy (non-hydrogen) atoms. The average molecular weight is 357 g/mol. The molecule has 0 spiro atoms. The Labute approximate surface area is 157 Å². The molecule has 3 rings (SSSR count). The van der Waals surface area contributed by atoms with E-state index >= 15 is 0 Å². The summed E-state index contributed by atoms with van der Waals surface area (Å²) < 4.78 is 0. The molecule has 2 aliphatic rings. The Morgan fingerprint density at radius 2 is 2.00 bits per heavy atom. The number of likely N-dealkylation sites (tertiary alicyclic amines) is 2. The van der Waals surface area contributed by atoms with Gasteiger partial charge in [-0.2, -0.15) is 0 Å². The Bertz CT molecular complexity index is 668. The maximum atomic E-state index is 12.0. The largest absolute Gasteiger partial charge is 0.357 e. The van der Waals surface area contributed by atoms with E-state index in [1.54, 1.807) is 0 Å². The van der Waals surface area contributed by atoms with Gasteiger partial charge in [0.15, 0.2) is 5.96 Å². The monoisotopic (exact) mass is 356 g/mol. The van der Waals surface area contributed by atoms with Crippen molar-refractivity contribution in [3.63, 3.8) is 0 Å². The minimum atomic E-state index is 0.274. The zero-order valence-electron chi connectivity index (χ0n) is 16.4. The summed E-state index contributed by atoms with van der Waals surface area (Å²) in [6.07, 6.45) is 2.87. The van der Waals surface area contributed by atoms with Crippen molar-refractivity contribution in [1.82, 2.24) is 15.1 Å². The highest BCUT2D eigenvalue weighted by Gasteiger charge is 2.30. The van der Waals surface area contributed by atoms with Crippen LogP contribution in [-0.2, 0) is 17.9 Å². The van der Waals surface area contributed by atoms with Crippen LogP contribution < -0.4 is 5.32 Å². The lowest BCUT2D eigenvalue weighted by atomic mass is 9.93. The number of rotatable bonds is 5. The maximum Gasteiger partial charge on any atom is 0.222 e. The van der Waals surface area contributed by atoms with Crippen LogP contribution in [0.15, 0.2) is 29.3 Å². The van der Waals surface area contributed by atoms with Crippen molar-refractivity contribution < 1.29 is 4.79 Å². The van der Waals surface area contributed by atoms with Gasteiger partial charge in [-0.25, -0.2) is 4.99 Å². The van der Waals surface area contributed by atoms with E-state index in [4.69, 9.17) is 4.99 Å². The van der Waals surface area contributed by atoms with Crippen molar-refractivity contribution in [1.29, 1.82) is 0 Å². The molecule has 5 nitrogen and oxygen atoms in total. The molecule has 0 saturated carbocycles. The fraction of sp³-hybridized carbons (Fsp3) is 0.619. The highest BCUT2D eigenvalue weighted by molar-refractivity contribution is 5.80. The number of guanidine groups is 1.